The lowest BCUT2D eigenvalue weighted by atomic mass is 9.98. The molecule has 0 radical (unpaired) electrons. The SMILES string of the molecule is CC(=O)O.Nc1nccc(Nc2ccc3c(c2)C(C(=O)CCc2ccccc2)=NC3)n1. The third-order valence-corrected chi connectivity index (χ3v) is 4.47. The van der Waals surface area contributed by atoms with E-state index in [0.29, 0.717) is 30.9 Å². The number of anilines is 3. The Morgan fingerprint density at radius 1 is 1.13 bits per heavy atom. The van der Waals surface area contributed by atoms with Crippen LogP contribution in [0.2, 0.25) is 0 Å². The number of carboxylic acids is 1. The number of carboxylic acid groups (broad SMARTS) is 1. The van der Waals surface area contributed by atoms with Gasteiger partial charge in [-0.2, -0.15) is 4.98 Å². The Morgan fingerprint density at radius 3 is 2.58 bits per heavy atom. The maximum absolute atomic E-state index is 12.7. The Kier molecular flexibility index (Phi) is 7.05. The van der Waals surface area contributed by atoms with Crippen LogP contribution in [0.3, 0.4) is 0 Å². The fourth-order valence-electron chi connectivity index (χ4n) is 3.11. The molecule has 0 spiro atoms. The number of benzene rings is 2. The summed E-state index contributed by atoms with van der Waals surface area (Å²) in [6.07, 6.45) is 2.76. The molecule has 0 aliphatic carbocycles. The van der Waals surface area contributed by atoms with Crippen molar-refractivity contribution in [3.05, 3.63) is 77.5 Å². The Morgan fingerprint density at radius 2 is 1.87 bits per heavy atom. The second kappa shape index (κ2) is 10.1. The number of hydrogen-bond acceptors (Lipinski definition) is 7. The van der Waals surface area contributed by atoms with Crippen molar-refractivity contribution in [1.82, 2.24) is 9.97 Å². The molecule has 1 aliphatic rings. The number of carbonyl (C=O) groups excluding carboxylic acids is 1. The predicted octanol–water partition coefficient (Wildman–Crippen LogP) is 3.40. The molecule has 4 N–H and O–H groups in total. The minimum Gasteiger partial charge on any atom is -0.481 e. The largest absolute Gasteiger partial charge is 0.481 e. The average molecular weight is 417 g/mol. The number of nitrogens with two attached hydrogens (primary N) is 1. The topological polar surface area (TPSA) is 131 Å². The van der Waals surface area contributed by atoms with Gasteiger partial charge < -0.3 is 16.2 Å². The Labute approximate surface area is 179 Å². The van der Waals surface area contributed by atoms with Gasteiger partial charge in [-0.25, -0.2) is 4.98 Å². The highest BCUT2D eigenvalue weighted by Crippen LogP contribution is 2.25. The molecular formula is C23H23N5O3. The standard InChI is InChI=1S/C21H19N5O.C2H4O2/c22-21-23-11-10-19(26-21)25-16-8-7-15-13-24-20(17(15)12-16)18(27)9-6-14-4-2-1-3-5-14;1-2(3)4/h1-5,7-8,10-12H,6,9,13H2,(H3,22,23,25,26);1H3,(H,3,4). The van der Waals surface area contributed by atoms with Crippen LogP contribution >= 0.6 is 0 Å². The predicted molar refractivity (Wildman–Crippen MR) is 119 cm³/mol. The summed E-state index contributed by atoms with van der Waals surface area (Å²) < 4.78 is 0. The third kappa shape index (κ3) is 6.20. The number of nitrogens with one attached hydrogen (secondary N) is 1. The Bertz CT molecular complexity index is 1110. The first-order valence-electron chi connectivity index (χ1n) is 9.72. The van der Waals surface area contributed by atoms with Crippen LogP contribution in [0.5, 0.6) is 0 Å². The number of aryl methyl sites for hydroxylation is 1. The van der Waals surface area contributed by atoms with Crippen LogP contribution in [0.25, 0.3) is 0 Å². The van der Waals surface area contributed by atoms with Crippen molar-refractivity contribution in [2.75, 3.05) is 11.1 Å². The molecule has 2 heterocycles. The maximum Gasteiger partial charge on any atom is 0.300 e. The van der Waals surface area contributed by atoms with E-state index in [1.165, 1.54) is 0 Å². The quantitative estimate of drug-likeness (QED) is 0.560. The van der Waals surface area contributed by atoms with Crippen LogP contribution in [0.1, 0.15) is 30.0 Å². The molecular weight excluding hydrogens is 394 g/mol. The molecule has 31 heavy (non-hydrogen) atoms. The number of Topliss-reactive ketones (excluding diaryl/α,β-unsaturated/α-hetero) is 1. The number of nitrogen functional groups attached to an aromatic ring is 1. The second-order valence-corrected chi connectivity index (χ2v) is 6.89. The van der Waals surface area contributed by atoms with Crippen molar-refractivity contribution in [3.8, 4) is 0 Å². The average Bonchev–Trinajstić information content (AvgIpc) is 3.16. The van der Waals surface area contributed by atoms with Gasteiger partial charge in [0.1, 0.15) is 11.5 Å². The van der Waals surface area contributed by atoms with Gasteiger partial charge in [-0.05, 0) is 35.7 Å². The van der Waals surface area contributed by atoms with E-state index in [2.05, 4.69) is 20.3 Å². The second-order valence-electron chi connectivity index (χ2n) is 6.89. The summed E-state index contributed by atoms with van der Waals surface area (Å²) >= 11 is 0. The molecule has 0 unspecified atom stereocenters. The van der Waals surface area contributed by atoms with Gasteiger partial charge in [0.2, 0.25) is 5.95 Å². The van der Waals surface area contributed by atoms with Gasteiger partial charge in [0.25, 0.3) is 5.97 Å². The highest BCUT2D eigenvalue weighted by atomic mass is 16.4. The third-order valence-electron chi connectivity index (χ3n) is 4.47. The van der Waals surface area contributed by atoms with Gasteiger partial charge >= 0.3 is 0 Å². The zero-order valence-corrected chi connectivity index (χ0v) is 17.1. The first-order chi connectivity index (χ1) is 14.9. The highest BCUT2D eigenvalue weighted by Gasteiger charge is 2.22. The summed E-state index contributed by atoms with van der Waals surface area (Å²) in [4.78, 5) is 34.2. The fraction of sp³-hybridized carbons (Fsp3) is 0.174. The molecule has 2 aromatic carbocycles. The van der Waals surface area contributed by atoms with E-state index in [0.717, 1.165) is 29.3 Å². The van der Waals surface area contributed by atoms with Crippen LogP contribution in [-0.4, -0.2) is 32.5 Å². The van der Waals surface area contributed by atoms with Crippen LogP contribution in [0.4, 0.5) is 17.5 Å². The number of aliphatic imine (C=N–C) groups is 1. The Hall–Kier alpha value is -4.07. The monoisotopic (exact) mass is 417 g/mol. The van der Waals surface area contributed by atoms with Crippen molar-refractivity contribution >= 4 is 34.9 Å². The van der Waals surface area contributed by atoms with Crippen molar-refractivity contribution in [2.24, 2.45) is 4.99 Å². The summed E-state index contributed by atoms with van der Waals surface area (Å²) in [5.41, 5.74) is 10.1. The molecule has 1 aromatic heterocycles. The number of aromatic nitrogens is 2. The lowest BCUT2D eigenvalue weighted by Gasteiger charge is -2.09. The minimum absolute atomic E-state index is 0.0704. The van der Waals surface area contributed by atoms with Crippen molar-refractivity contribution < 1.29 is 14.7 Å². The summed E-state index contributed by atoms with van der Waals surface area (Å²) in [5, 5.41) is 10.6. The van der Waals surface area contributed by atoms with Crippen LogP contribution in [-0.2, 0) is 22.6 Å². The molecule has 158 valence electrons. The number of rotatable bonds is 6. The van der Waals surface area contributed by atoms with E-state index < -0.39 is 5.97 Å². The molecule has 0 atom stereocenters. The number of hydrogen-bond donors (Lipinski definition) is 3. The molecule has 8 nitrogen and oxygen atoms in total. The molecule has 0 bridgehead atoms. The summed E-state index contributed by atoms with van der Waals surface area (Å²) in [6, 6.07) is 17.6. The molecule has 0 saturated heterocycles. The summed E-state index contributed by atoms with van der Waals surface area (Å²) in [7, 11) is 0. The minimum atomic E-state index is -0.833. The molecule has 0 saturated carbocycles. The van der Waals surface area contributed by atoms with Gasteiger partial charge in [0, 0.05) is 30.8 Å². The van der Waals surface area contributed by atoms with Crippen molar-refractivity contribution in [3.63, 3.8) is 0 Å². The van der Waals surface area contributed by atoms with Gasteiger partial charge in [-0.15, -0.1) is 0 Å². The molecule has 0 fully saturated rings. The molecule has 3 aromatic rings. The first-order valence-corrected chi connectivity index (χ1v) is 9.72. The normalized spacial score (nSPS) is 11.6. The van der Waals surface area contributed by atoms with Crippen LogP contribution in [0.15, 0.2) is 65.8 Å². The van der Waals surface area contributed by atoms with Crippen LogP contribution in [0, 0.1) is 0 Å². The van der Waals surface area contributed by atoms with E-state index in [-0.39, 0.29) is 11.7 Å². The maximum atomic E-state index is 12.7. The number of aliphatic carboxylic acids is 1. The number of nitrogens with zero attached hydrogens (tertiary/aromatic N) is 3. The smallest absolute Gasteiger partial charge is 0.300 e. The van der Waals surface area contributed by atoms with E-state index in [1.54, 1.807) is 12.3 Å². The van der Waals surface area contributed by atoms with E-state index in [1.807, 2.05) is 48.5 Å². The van der Waals surface area contributed by atoms with Crippen molar-refractivity contribution in [2.45, 2.75) is 26.3 Å². The van der Waals surface area contributed by atoms with Gasteiger partial charge in [0.05, 0.1) is 6.54 Å². The molecule has 4 rings (SSSR count). The first kappa shape index (κ1) is 21.6. The zero-order chi connectivity index (χ0) is 22.2. The lowest BCUT2D eigenvalue weighted by molar-refractivity contribution is -0.134. The summed E-state index contributed by atoms with van der Waals surface area (Å²) in [5.74, 6) is 0.0508. The van der Waals surface area contributed by atoms with Gasteiger partial charge in [-0.3, -0.25) is 14.6 Å². The fourth-order valence-corrected chi connectivity index (χ4v) is 3.11. The molecule has 1 aliphatic heterocycles. The molecule has 0 amide bonds. The summed E-state index contributed by atoms with van der Waals surface area (Å²) in [6.45, 7) is 1.63. The van der Waals surface area contributed by atoms with E-state index in [4.69, 9.17) is 15.6 Å². The lowest BCUT2D eigenvalue weighted by Crippen LogP contribution is -2.15. The van der Waals surface area contributed by atoms with Crippen molar-refractivity contribution in [1.29, 1.82) is 0 Å². The molecule has 8 heteroatoms. The highest BCUT2D eigenvalue weighted by molar-refractivity contribution is 6.47. The van der Waals surface area contributed by atoms with Gasteiger partial charge in [0.15, 0.2) is 5.78 Å². The number of carbonyl (C=O) groups is 2. The zero-order valence-electron chi connectivity index (χ0n) is 17.1. The Balaban J connectivity index is 0.000000628. The van der Waals surface area contributed by atoms with E-state index in [9.17, 15) is 4.79 Å². The number of ketones is 1. The van der Waals surface area contributed by atoms with Crippen LogP contribution < -0.4 is 11.1 Å². The number of fused-ring (bicyclic) bond motifs is 1. The van der Waals surface area contributed by atoms with Gasteiger partial charge in [-0.1, -0.05) is 36.4 Å². The van der Waals surface area contributed by atoms with E-state index >= 15 is 0 Å².